The third kappa shape index (κ3) is 5.01. The van der Waals surface area contributed by atoms with Crippen molar-refractivity contribution in [3.05, 3.63) is 150 Å². The summed E-state index contributed by atoms with van der Waals surface area (Å²) in [6.07, 6.45) is 23.9. The van der Waals surface area contributed by atoms with E-state index in [9.17, 15) is 0 Å². The third-order valence-electron chi connectivity index (χ3n) is 8.12. The SMILES string of the molecule is C=C/C(=C\C=C/CC)c1ccc2c(-c3cccc4c3=CCCC=4)c(C=C)c(C=C)c(-c3cccc(C=C)c3C=C)c2c1. The molecule has 0 nitrogen and oxygen atoms in total. The minimum absolute atomic E-state index is 0.985. The Bertz CT molecular complexity index is 1930. The zero-order valence-corrected chi connectivity index (χ0v) is 24.6. The van der Waals surface area contributed by atoms with Crippen molar-refractivity contribution in [3.63, 3.8) is 0 Å². The average Bonchev–Trinajstić information content (AvgIpc) is 3.04. The van der Waals surface area contributed by atoms with E-state index in [0.29, 0.717) is 0 Å². The summed E-state index contributed by atoms with van der Waals surface area (Å²) in [5, 5.41) is 4.90. The molecule has 0 aliphatic heterocycles. The van der Waals surface area contributed by atoms with Gasteiger partial charge >= 0.3 is 0 Å². The van der Waals surface area contributed by atoms with Gasteiger partial charge in [-0.2, -0.15) is 0 Å². The van der Waals surface area contributed by atoms with Gasteiger partial charge in [-0.05, 0) is 102 Å². The highest BCUT2D eigenvalue weighted by Gasteiger charge is 2.22. The first-order chi connectivity index (χ1) is 20.6. The van der Waals surface area contributed by atoms with Gasteiger partial charge < -0.3 is 0 Å². The van der Waals surface area contributed by atoms with Crippen molar-refractivity contribution in [1.82, 2.24) is 0 Å². The van der Waals surface area contributed by atoms with Crippen LogP contribution in [0, 0.1) is 0 Å². The highest BCUT2D eigenvalue weighted by atomic mass is 14.2. The van der Waals surface area contributed by atoms with Crippen LogP contribution in [0.1, 0.15) is 54.0 Å². The van der Waals surface area contributed by atoms with Crippen LogP contribution in [0.4, 0.5) is 0 Å². The lowest BCUT2D eigenvalue weighted by Gasteiger charge is -2.23. The molecule has 0 aromatic heterocycles. The van der Waals surface area contributed by atoms with Crippen LogP contribution in [0.3, 0.4) is 0 Å². The topological polar surface area (TPSA) is 0 Å². The van der Waals surface area contributed by atoms with Crippen molar-refractivity contribution in [2.75, 3.05) is 0 Å². The molecule has 0 heterocycles. The van der Waals surface area contributed by atoms with E-state index < -0.39 is 0 Å². The van der Waals surface area contributed by atoms with Gasteiger partial charge in [0.15, 0.2) is 0 Å². The molecular weight excluding hydrogens is 504 g/mol. The van der Waals surface area contributed by atoms with Crippen molar-refractivity contribution >= 4 is 52.8 Å². The molecule has 4 aromatic rings. The first-order valence-electron chi connectivity index (χ1n) is 14.7. The van der Waals surface area contributed by atoms with E-state index in [-0.39, 0.29) is 0 Å². The fourth-order valence-corrected chi connectivity index (χ4v) is 6.18. The molecule has 0 fully saturated rings. The standard InChI is InChI=1S/C42H38/c1-7-13-14-19-29(8-2)32-26-27-39-40(28-32)42(37-24-17-21-30(9-3)33(37)10-4)35(12-6)34(11-5)41(39)38-25-18-22-31-20-15-16-23-36(31)38/h8-14,17-28H,2-7,15-16H2,1H3/b14-13-,29-19+. The molecule has 0 atom stereocenters. The second kappa shape index (κ2) is 12.7. The predicted octanol–water partition coefficient (Wildman–Crippen LogP) is 10.6. The van der Waals surface area contributed by atoms with E-state index in [1.807, 2.05) is 30.4 Å². The first-order valence-corrected chi connectivity index (χ1v) is 14.7. The highest BCUT2D eigenvalue weighted by Crippen LogP contribution is 2.45. The summed E-state index contributed by atoms with van der Waals surface area (Å²) in [7, 11) is 0. The number of allylic oxidation sites excluding steroid dienone is 5. The van der Waals surface area contributed by atoms with Crippen molar-refractivity contribution in [1.29, 1.82) is 0 Å². The van der Waals surface area contributed by atoms with E-state index in [1.165, 1.54) is 27.0 Å². The lowest BCUT2D eigenvalue weighted by molar-refractivity contribution is 1.12. The van der Waals surface area contributed by atoms with Crippen molar-refractivity contribution < 1.29 is 0 Å². The van der Waals surface area contributed by atoms with Gasteiger partial charge in [-0.3, -0.25) is 0 Å². The Morgan fingerprint density at radius 3 is 2.10 bits per heavy atom. The number of benzene rings is 4. The van der Waals surface area contributed by atoms with E-state index >= 15 is 0 Å². The Hall–Kier alpha value is -4.94. The van der Waals surface area contributed by atoms with Crippen LogP contribution in [-0.2, 0) is 0 Å². The monoisotopic (exact) mass is 542 g/mol. The molecule has 4 aromatic carbocycles. The molecule has 0 heteroatoms. The quantitative estimate of drug-likeness (QED) is 0.175. The molecule has 0 saturated heterocycles. The molecule has 0 spiro atoms. The summed E-state index contributed by atoms with van der Waals surface area (Å²) in [4.78, 5) is 0. The largest absolute Gasteiger partial charge is 0.0984 e. The Kier molecular flexibility index (Phi) is 8.65. The number of hydrogen-bond acceptors (Lipinski definition) is 0. The smallest absolute Gasteiger partial charge is 0.00201 e. The minimum Gasteiger partial charge on any atom is -0.0984 e. The van der Waals surface area contributed by atoms with Crippen molar-refractivity contribution in [3.8, 4) is 22.3 Å². The molecule has 206 valence electrons. The van der Waals surface area contributed by atoms with Crippen LogP contribution in [0.5, 0.6) is 0 Å². The van der Waals surface area contributed by atoms with Crippen molar-refractivity contribution in [2.45, 2.75) is 26.2 Å². The third-order valence-corrected chi connectivity index (χ3v) is 8.12. The van der Waals surface area contributed by atoms with Gasteiger partial charge in [0.1, 0.15) is 0 Å². The van der Waals surface area contributed by atoms with Crippen LogP contribution >= 0.6 is 0 Å². The summed E-state index contributed by atoms with van der Waals surface area (Å²) >= 11 is 0. The highest BCUT2D eigenvalue weighted by molar-refractivity contribution is 6.13. The fraction of sp³-hybridized carbons (Fsp3) is 0.0952. The van der Waals surface area contributed by atoms with Gasteiger partial charge in [-0.25, -0.2) is 0 Å². The van der Waals surface area contributed by atoms with Gasteiger partial charge in [0, 0.05) is 0 Å². The zero-order valence-electron chi connectivity index (χ0n) is 24.6. The van der Waals surface area contributed by atoms with Crippen LogP contribution in [0.15, 0.2) is 112 Å². The van der Waals surface area contributed by atoms with E-state index in [1.54, 1.807) is 0 Å². The molecule has 0 unspecified atom stereocenters. The van der Waals surface area contributed by atoms with Crippen LogP contribution in [0.25, 0.3) is 75.1 Å². The average molecular weight is 543 g/mol. The van der Waals surface area contributed by atoms with E-state index in [2.05, 4.69) is 125 Å². The van der Waals surface area contributed by atoms with Crippen molar-refractivity contribution in [2.24, 2.45) is 0 Å². The van der Waals surface area contributed by atoms with Gasteiger partial charge in [-0.15, -0.1) is 0 Å². The summed E-state index contributed by atoms with van der Waals surface area (Å²) in [5.74, 6) is 0. The Labute approximate surface area is 250 Å². The summed E-state index contributed by atoms with van der Waals surface area (Å²) < 4.78 is 0. The Morgan fingerprint density at radius 2 is 1.40 bits per heavy atom. The second-order valence-electron chi connectivity index (χ2n) is 10.4. The molecule has 0 N–H and O–H groups in total. The second-order valence-corrected chi connectivity index (χ2v) is 10.4. The van der Waals surface area contributed by atoms with E-state index in [0.717, 1.165) is 69.2 Å². The number of rotatable bonds is 10. The van der Waals surface area contributed by atoms with Gasteiger partial charge in [0.05, 0.1) is 0 Å². The Balaban J connectivity index is 2.02. The van der Waals surface area contributed by atoms with Crippen LogP contribution in [0.2, 0.25) is 0 Å². The zero-order chi connectivity index (χ0) is 29.6. The Morgan fingerprint density at radius 1 is 0.714 bits per heavy atom. The van der Waals surface area contributed by atoms with Gasteiger partial charge in [-0.1, -0.05) is 149 Å². The molecule has 0 saturated carbocycles. The number of hydrogen-bond donors (Lipinski definition) is 0. The maximum Gasteiger partial charge on any atom is -0.00201 e. The summed E-state index contributed by atoms with van der Waals surface area (Å²) in [6, 6.07) is 19.8. The lowest BCUT2D eigenvalue weighted by Crippen LogP contribution is -2.28. The maximum absolute atomic E-state index is 4.33. The van der Waals surface area contributed by atoms with Gasteiger partial charge in [0.25, 0.3) is 0 Å². The predicted molar refractivity (Wildman–Crippen MR) is 190 cm³/mol. The van der Waals surface area contributed by atoms with Crippen LogP contribution < -0.4 is 10.4 Å². The normalized spacial score (nSPS) is 12.7. The molecule has 5 rings (SSSR count). The number of fused-ring (bicyclic) bond motifs is 2. The molecule has 0 bridgehead atoms. The van der Waals surface area contributed by atoms with Gasteiger partial charge in [0.2, 0.25) is 0 Å². The molecule has 0 radical (unpaired) electrons. The van der Waals surface area contributed by atoms with E-state index in [4.69, 9.17) is 0 Å². The fourth-order valence-electron chi connectivity index (χ4n) is 6.18. The van der Waals surface area contributed by atoms with Crippen LogP contribution in [-0.4, -0.2) is 0 Å². The maximum atomic E-state index is 4.33. The summed E-state index contributed by atoms with van der Waals surface area (Å²) in [5.41, 5.74) is 11.0. The molecule has 42 heavy (non-hydrogen) atoms. The summed E-state index contributed by atoms with van der Waals surface area (Å²) in [6.45, 7) is 23.2. The first kappa shape index (κ1) is 28.6. The molecule has 1 aliphatic rings. The lowest BCUT2D eigenvalue weighted by atomic mass is 9.80. The molecule has 0 amide bonds. The molecule has 1 aliphatic carbocycles. The minimum atomic E-state index is 0.985. The molecular formula is C42H38.